The molecule has 33 heteroatoms. The van der Waals surface area contributed by atoms with E-state index in [0.717, 1.165) is 40.3 Å². The highest BCUT2D eigenvalue weighted by molar-refractivity contribution is 8.76. The number of aliphatic imine (C=N–C) groups is 1. The molecule has 0 aliphatic carbocycles. The number of aliphatic hydroxyl groups is 1. The predicted molar refractivity (Wildman–Crippen MR) is 338 cm³/mol. The van der Waals surface area contributed by atoms with Gasteiger partial charge in [-0.2, -0.15) is 0 Å². The van der Waals surface area contributed by atoms with Crippen LogP contribution < -0.4 is 60.6 Å². The van der Waals surface area contributed by atoms with Crippen molar-refractivity contribution in [3.05, 3.63) is 36.0 Å². The highest BCUT2D eigenvalue weighted by Crippen LogP contribution is 2.30. The van der Waals surface area contributed by atoms with E-state index in [-0.39, 0.29) is 94.9 Å². The molecule has 2 aliphatic heterocycles. The van der Waals surface area contributed by atoms with Crippen LogP contribution in [0.1, 0.15) is 118 Å². The SMILES string of the molecule is [1H]C1CC(=O)[C@@H](NC(=O)CN)CSSC[C@@H](C(=O)C[C@@H](CCCNC(N)=O)C(=O)N[C@@H](Cc2c[nH]c3ccccc23)C(=O)C[C@@H](CCC(N)=O)C(=O)NC([2H])C(C)=O)NC(=O)[C@H](CCCN=C(N)N)CC(=O)[C@@H]2CCCN2C(=O)[C@H](CC(=O)O)CC(=O)[C@H]([C@@H](C)O)NC1=O. The van der Waals surface area contributed by atoms with Crippen molar-refractivity contribution in [1.29, 1.82) is 0 Å². The largest absolute Gasteiger partial charge is 0.481 e. The molecular formula is C59H86N14O17S2. The van der Waals surface area contributed by atoms with Crippen molar-refractivity contribution in [3.63, 3.8) is 0 Å². The monoisotopic (exact) mass is 1330 g/mol. The summed E-state index contributed by atoms with van der Waals surface area (Å²) in [4.78, 5) is 212. The van der Waals surface area contributed by atoms with E-state index >= 15 is 4.79 Å². The van der Waals surface area contributed by atoms with E-state index in [9.17, 15) is 77.3 Å². The van der Waals surface area contributed by atoms with Crippen molar-refractivity contribution >= 4 is 127 Å². The molecule has 3 heterocycles. The number of ketones is 6. The molecule has 0 saturated carbocycles. The van der Waals surface area contributed by atoms with E-state index in [4.69, 9.17) is 31.4 Å². The summed E-state index contributed by atoms with van der Waals surface area (Å²) in [6.07, 6.45) is -7.51. The molecule has 0 radical (unpaired) electrons. The first-order valence-corrected chi connectivity index (χ1v) is 32.5. The van der Waals surface area contributed by atoms with Crippen LogP contribution in [-0.4, -0.2) is 195 Å². The molecule has 19 N–H and O–H groups in total. The van der Waals surface area contributed by atoms with Crippen molar-refractivity contribution < 1.29 is 84.9 Å². The summed E-state index contributed by atoms with van der Waals surface area (Å²) < 4.78 is 16.6. The smallest absolute Gasteiger partial charge is 0.312 e. The molecule has 0 bridgehead atoms. The van der Waals surface area contributed by atoms with Gasteiger partial charge in [-0.15, -0.1) is 0 Å². The number of guanidine groups is 1. The van der Waals surface area contributed by atoms with Gasteiger partial charge in [0.15, 0.2) is 34.9 Å². The number of aliphatic carboxylic acids is 1. The Morgan fingerprint density at radius 2 is 1.58 bits per heavy atom. The molecular weight excluding hydrogens is 1240 g/mol. The summed E-state index contributed by atoms with van der Waals surface area (Å²) >= 11 is 0. The van der Waals surface area contributed by atoms with Gasteiger partial charge in [0.05, 0.1) is 57.0 Å². The fourth-order valence-electron chi connectivity index (χ4n) is 10.5. The number of nitrogens with one attached hydrogen (secondary N) is 7. The maximum absolute atomic E-state index is 15.1. The number of carbonyl (C=O) groups is 15. The second kappa shape index (κ2) is 38.5. The molecule has 92 heavy (non-hydrogen) atoms. The van der Waals surface area contributed by atoms with Gasteiger partial charge < -0.3 is 80.7 Å². The number of aromatic amines is 1. The molecule has 2 saturated heterocycles. The molecule has 9 amide bonds. The number of para-hydroxylation sites is 1. The van der Waals surface area contributed by atoms with Gasteiger partial charge in [0.25, 0.3) is 0 Å². The Bertz CT molecular complexity index is 3130. The Morgan fingerprint density at radius 3 is 2.24 bits per heavy atom. The number of nitrogens with zero attached hydrogens (tertiary/aromatic N) is 2. The number of nitrogens with two attached hydrogens (primary N) is 5. The summed E-state index contributed by atoms with van der Waals surface area (Å²) in [6.45, 7) is -0.391. The number of hydrogen-bond donors (Lipinski definition) is 14. The summed E-state index contributed by atoms with van der Waals surface area (Å²) in [6, 6.07) is -1.50. The van der Waals surface area contributed by atoms with Crippen molar-refractivity contribution in [1.82, 2.24) is 41.8 Å². The van der Waals surface area contributed by atoms with E-state index in [1.807, 2.05) is 0 Å². The average Bonchev–Trinajstić information content (AvgIpc) is 1.65. The van der Waals surface area contributed by atoms with Gasteiger partial charge in [-0.05, 0) is 70.4 Å². The number of urea groups is 1. The molecule has 2 unspecified atom stereocenters. The molecule has 2 aliphatic rings. The number of primary amides is 2. The number of hydrogen-bond acceptors (Lipinski definition) is 20. The van der Waals surface area contributed by atoms with Gasteiger partial charge in [-0.3, -0.25) is 72.1 Å². The number of H-pyrrole nitrogens is 1. The van der Waals surface area contributed by atoms with Crippen LogP contribution in [0, 0.1) is 23.7 Å². The first kappa shape index (κ1) is 72.8. The van der Waals surface area contributed by atoms with Gasteiger partial charge in [-0.1, -0.05) is 39.8 Å². The lowest BCUT2D eigenvalue weighted by Gasteiger charge is -2.29. The Balaban J connectivity index is 1.84. The quantitative estimate of drug-likeness (QED) is 0.0181. The van der Waals surface area contributed by atoms with Crippen LogP contribution in [0.4, 0.5) is 4.79 Å². The highest BCUT2D eigenvalue weighted by Gasteiger charge is 2.42. The normalized spacial score (nSPS) is 22.7. The van der Waals surface area contributed by atoms with Gasteiger partial charge in [-0.25, -0.2) is 4.79 Å². The summed E-state index contributed by atoms with van der Waals surface area (Å²) in [5, 5.41) is 36.0. The third-order valence-corrected chi connectivity index (χ3v) is 17.8. The zero-order valence-corrected chi connectivity index (χ0v) is 52.9. The Hall–Kier alpha value is -8.30. The number of carbonyl (C=O) groups excluding carboxylic acids is 14. The number of fused-ring (bicyclic) bond motifs is 2. The van der Waals surface area contributed by atoms with Gasteiger partial charge >= 0.3 is 12.0 Å². The van der Waals surface area contributed by atoms with Crippen LogP contribution in [0.3, 0.4) is 0 Å². The molecule has 2 aromatic rings. The standard InChI is InChI=1S/C59H86N14O17S2/c1-31(74)27-68-54(86)35(13-15-49(61)81)22-45(77)40(20-37-28-67-39-11-4-3-10-38(37)39)70-55(87)33(9-6-18-66-59(64)90)21-46(78)42-30-92-91-29-41(69-51(83)26-60)44(76)14-16-50(82)72-53(32(2)75)48(80)24-36(25-52(84)85)57(89)73-19-7-12-43(73)47(79)23-34(56(88)71-42)8-5-17-65-58(62)63/h3-4,10-11,28,32-36,40-43,53,67,75H,5-9,12-27,29-30,60H2,1-2H3,(H2,61,81)(H,68,86)(H,69,83)(H,70,87)(H,71,88)(H,72,82)(H,84,85)(H4,62,63,65)(H3,64,66,90)/t32-,33-,34-,35-,36+,40+,41+,42+,43+,53+/m1/s1/i16H,27D/t16?,27?,32-,33-,34-,35-,36+,40+,41+,42+,43+,53+. The fourth-order valence-corrected chi connectivity index (χ4v) is 12.9. The second-order valence-corrected chi connectivity index (χ2v) is 25.1. The van der Waals surface area contributed by atoms with Crippen molar-refractivity contribution in [2.24, 2.45) is 57.3 Å². The number of carboxylic acid groups (broad SMARTS) is 1. The number of amides is 9. The van der Waals surface area contributed by atoms with E-state index in [1.54, 1.807) is 30.5 Å². The van der Waals surface area contributed by atoms with Crippen LogP contribution in [0.25, 0.3) is 10.9 Å². The minimum Gasteiger partial charge on any atom is -0.481 e. The minimum atomic E-state index is -1.97. The number of Topliss-reactive ketones (excluding diaryl/α,β-unsaturated/α-hetero) is 6. The lowest BCUT2D eigenvalue weighted by molar-refractivity contribution is -0.148. The Labute approximate surface area is 541 Å². The first-order valence-electron chi connectivity index (χ1n) is 31.1. The summed E-state index contributed by atoms with van der Waals surface area (Å²) in [5.41, 5.74) is 28.7. The van der Waals surface area contributed by atoms with Crippen LogP contribution in [0.5, 0.6) is 0 Å². The van der Waals surface area contributed by atoms with E-state index in [2.05, 4.69) is 41.9 Å². The topological polar surface area (TPSA) is 530 Å². The number of aliphatic hydroxyl groups excluding tert-OH is 1. The average molecular weight is 1330 g/mol. The zero-order chi connectivity index (χ0) is 69.9. The van der Waals surface area contributed by atoms with E-state index in [1.165, 1.54) is 0 Å². The van der Waals surface area contributed by atoms with Crippen LogP contribution >= 0.6 is 21.6 Å². The molecule has 506 valence electrons. The number of rotatable bonds is 29. The molecule has 2 fully saturated rings. The number of benzene rings is 1. The van der Waals surface area contributed by atoms with Crippen molar-refractivity contribution in [3.8, 4) is 0 Å². The molecule has 31 nitrogen and oxygen atoms in total. The summed E-state index contributed by atoms with van der Waals surface area (Å²) in [7, 11) is 1.78. The lowest BCUT2D eigenvalue weighted by Crippen LogP contribution is -2.50. The lowest BCUT2D eigenvalue weighted by atomic mass is 9.89. The van der Waals surface area contributed by atoms with Gasteiger partial charge in [0.2, 0.25) is 41.4 Å². The van der Waals surface area contributed by atoms with Gasteiger partial charge in [0.1, 0.15) is 11.8 Å². The molecule has 12 atom stereocenters. The third-order valence-electron chi connectivity index (χ3n) is 15.4. The maximum Gasteiger partial charge on any atom is 0.312 e. The van der Waals surface area contributed by atoms with Crippen LogP contribution in [0.15, 0.2) is 35.5 Å². The van der Waals surface area contributed by atoms with E-state index in [0.29, 0.717) is 16.5 Å². The third kappa shape index (κ3) is 25.8. The first-order chi connectivity index (χ1) is 44.4. The van der Waals surface area contributed by atoms with Crippen LogP contribution in [-0.2, 0) is 73.5 Å². The molecule has 1 aromatic carbocycles. The fraction of sp³-hybridized carbons (Fsp3) is 0.593. The Morgan fingerprint density at radius 1 is 0.880 bits per heavy atom. The van der Waals surface area contributed by atoms with Crippen molar-refractivity contribution in [2.75, 3.05) is 44.2 Å². The zero-order valence-electron chi connectivity index (χ0n) is 53.3. The number of aromatic nitrogens is 1. The maximum atomic E-state index is 15.1. The summed E-state index contributed by atoms with van der Waals surface area (Å²) in [5.74, 6) is -19.6. The Kier molecular flexibility index (Phi) is 30.5. The number of carboxylic acids is 1. The second-order valence-electron chi connectivity index (χ2n) is 22.6. The van der Waals surface area contributed by atoms with E-state index < -0.39 is 206 Å². The molecule has 1 aromatic heterocycles. The molecule has 4 rings (SSSR count). The predicted octanol–water partition coefficient (Wildman–Crippen LogP) is -2.03. The highest BCUT2D eigenvalue weighted by atomic mass is 33.1. The van der Waals surface area contributed by atoms with Crippen molar-refractivity contribution in [2.45, 2.75) is 153 Å². The van der Waals surface area contributed by atoms with Gasteiger partial charge in [0, 0.05) is 119 Å². The molecule has 0 spiro atoms. The van der Waals surface area contributed by atoms with Crippen LogP contribution in [0.2, 0.25) is 0 Å². The minimum absolute atomic E-state index is 0.00323.